The number of pyridine rings is 1. The van der Waals surface area contributed by atoms with Gasteiger partial charge in [-0.3, -0.25) is 14.6 Å². The van der Waals surface area contributed by atoms with Gasteiger partial charge in [-0.1, -0.05) is 18.9 Å². The first-order valence-electron chi connectivity index (χ1n) is 9.24. The van der Waals surface area contributed by atoms with Crippen molar-refractivity contribution in [2.75, 3.05) is 20.3 Å². The van der Waals surface area contributed by atoms with Crippen molar-refractivity contribution in [1.29, 1.82) is 0 Å². The number of hydrogen-bond donors (Lipinski definition) is 1. The van der Waals surface area contributed by atoms with Crippen molar-refractivity contribution >= 4 is 11.8 Å². The number of carbonyl (C=O) groups excluding carboxylic acids is 2. The Balaban J connectivity index is 1.91. The summed E-state index contributed by atoms with van der Waals surface area (Å²) in [4.78, 5) is 31.8. The maximum Gasteiger partial charge on any atom is 0.290 e. The van der Waals surface area contributed by atoms with Crippen molar-refractivity contribution in [2.24, 2.45) is 0 Å². The Labute approximate surface area is 158 Å². The highest BCUT2D eigenvalue weighted by molar-refractivity contribution is 5.96. The molecule has 0 unspecified atom stereocenters. The van der Waals surface area contributed by atoms with Crippen LogP contribution in [0.2, 0.25) is 0 Å². The Morgan fingerprint density at radius 3 is 2.78 bits per heavy atom. The summed E-state index contributed by atoms with van der Waals surface area (Å²) >= 11 is 0. The van der Waals surface area contributed by atoms with Crippen LogP contribution < -0.4 is 5.32 Å². The van der Waals surface area contributed by atoms with Crippen LogP contribution in [-0.2, 0) is 9.53 Å². The number of aromatic nitrogens is 1. The van der Waals surface area contributed by atoms with Gasteiger partial charge in [0.1, 0.15) is 6.04 Å². The monoisotopic (exact) mass is 371 g/mol. The number of ether oxygens (including phenoxy) is 1. The number of nitrogens with one attached hydrogen (secondary N) is 1. The highest BCUT2D eigenvalue weighted by Crippen LogP contribution is 2.25. The Hall–Kier alpha value is -2.67. The van der Waals surface area contributed by atoms with Gasteiger partial charge in [-0.05, 0) is 31.0 Å². The molecular weight excluding hydrogens is 346 g/mol. The van der Waals surface area contributed by atoms with Crippen LogP contribution >= 0.6 is 0 Å². The summed E-state index contributed by atoms with van der Waals surface area (Å²) in [5.74, 6) is -0.368. The standard InChI is InChI=1S/C20H25N3O4/c1-26-13-11-23(20(25)17-9-5-12-27-17)18(15-6-4-10-21-14-15)19(24)22-16-7-2-3-8-16/h4-6,9-10,12,14,16,18H,2-3,7-8,11,13H2,1H3,(H,22,24)/t18-/m1/s1. The van der Waals surface area contributed by atoms with Gasteiger partial charge in [-0.2, -0.15) is 0 Å². The number of amides is 2. The van der Waals surface area contributed by atoms with Crippen molar-refractivity contribution < 1.29 is 18.7 Å². The molecule has 7 heteroatoms. The quantitative estimate of drug-likeness (QED) is 0.771. The van der Waals surface area contributed by atoms with Crippen LogP contribution in [0.3, 0.4) is 0 Å². The SMILES string of the molecule is COCCN(C(=O)c1ccco1)[C@@H](C(=O)NC1CCCC1)c1cccnc1. The maximum atomic E-state index is 13.2. The molecule has 0 saturated heterocycles. The molecule has 1 atom stereocenters. The van der Waals surface area contributed by atoms with Crippen molar-refractivity contribution in [3.05, 3.63) is 54.2 Å². The molecule has 2 aromatic rings. The van der Waals surface area contributed by atoms with Crippen molar-refractivity contribution in [2.45, 2.75) is 37.8 Å². The molecule has 1 saturated carbocycles. The lowest BCUT2D eigenvalue weighted by Crippen LogP contribution is -2.47. The molecule has 27 heavy (non-hydrogen) atoms. The third kappa shape index (κ3) is 4.74. The van der Waals surface area contributed by atoms with Crippen LogP contribution in [0.15, 0.2) is 47.3 Å². The average molecular weight is 371 g/mol. The Morgan fingerprint density at radius 1 is 1.33 bits per heavy atom. The lowest BCUT2D eigenvalue weighted by atomic mass is 10.0. The topological polar surface area (TPSA) is 84.7 Å². The van der Waals surface area contributed by atoms with Crippen molar-refractivity contribution in [3.8, 4) is 0 Å². The van der Waals surface area contributed by atoms with E-state index in [2.05, 4.69) is 10.3 Å². The van der Waals surface area contributed by atoms with E-state index in [0.717, 1.165) is 25.7 Å². The molecule has 0 radical (unpaired) electrons. The Bertz CT molecular complexity index is 727. The fourth-order valence-electron chi connectivity index (χ4n) is 3.44. The van der Waals surface area contributed by atoms with Crippen LogP contribution in [-0.4, -0.2) is 48.0 Å². The zero-order chi connectivity index (χ0) is 19.1. The molecule has 2 aromatic heterocycles. The van der Waals surface area contributed by atoms with Crippen molar-refractivity contribution in [1.82, 2.24) is 15.2 Å². The van der Waals surface area contributed by atoms with E-state index in [0.29, 0.717) is 12.2 Å². The number of furan rings is 1. The van der Waals surface area contributed by atoms with Crippen LogP contribution in [0.25, 0.3) is 0 Å². The predicted molar refractivity (Wildman–Crippen MR) is 99.0 cm³/mol. The average Bonchev–Trinajstić information content (AvgIpc) is 3.39. The zero-order valence-corrected chi connectivity index (χ0v) is 15.5. The summed E-state index contributed by atoms with van der Waals surface area (Å²) in [6.45, 7) is 0.563. The number of hydrogen-bond acceptors (Lipinski definition) is 5. The zero-order valence-electron chi connectivity index (χ0n) is 15.5. The van der Waals surface area contributed by atoms with Gasteiger partial charge in [-0.15, -0.1) is 0 Å². The fraction of sp³-hybridized carbons (Fsp3) is 0.450. The molecule has 144 valence electrons. The third-order valence-corrected chi connectivity index (χ3v) is 4.79. The van der Waals surface area contributed by atoms with Crippen molar-refractivity contribution in [3.63, 3.8) is 0 Å². The lowest BCUT2D eigenvalue weighted by Gasteiger charge is -2.31. The number of rotatable bonds is 8. The number of carbonyl (C=O) groups is 2. The van der Waals surface area contributed by atoms with Gasteiger partial charge in [0.25, 0.3) is 5.91 Å². The molecule has 0 spiro atoms. The molecule has 1 fully saturated rings. The first-order chi connectivity index (χ1) is 13.2. The highest BCUT2D eigenvalue weighted by atomic mass is 16.5. The Kier molecular flexibility index (Phi) is 6.59. The summed E-state index contributed by atoms with van der Waals surface area (Å²) in [5, 5.41) is 3.10. The molecule has 2 heterocycles. The van der Waals surface area contributed by atoms with Crippen LogP contribution in [0.1, 0.15) is 47.8 Å². The minimum atomic E-state index is -0.799. The minimum Gasteiger partial charge on any atom is -0.459 e. The second kappa shape index (κ2) is 9.32. The van der Waals surface area contributed by atoms with Gasteiger partial charge in [0.2, 0.25) is 5.91 Å². The van der Waals surface area contributed by atoms with Crippen LogP contribution in [0.4, 0.5) is 0 Å². The van der Waals surface area contributed by atoms with E-state index >= 15 is 0 Å². The van der Waals surface area contributed by atoms with Crippen LogP contribution in [0, 0.1) is 0 Å². The second-order valence-electron chi connectivity index (χ2n) is 6.65. The first kappa shape index (κ1) is 19.1. The highest BCUT2D eigenvalue weighted by Gasteiger charge is 2.34. The molecule has 2 amide bonds. The summed E-state index contributed by atoms with van der Waals surface area (Å²) in [6, 6.07) is 6.17. The fourth-order valence-corrected chi connectivity index (χ4v) is 3.44. The molecular formula is C20H25N3O4. The molecule has 7 nitrogen and oxygen atoms in total. The normalized spacial score (nSPS) is 15.4. The van der Waals surface area contributed by atoms with E-state index in [1.54, 1.807) is 43.8 Å². The molecule has 0 bridgehead atoms. The largest absolute Gasteiger partial charge is 0.459 e. The third-order valence-electron chi connectivity index (χ3n) is 4.79. The minimum absolute atomic E-state index is 0.152. The van der Waals surface area contributed by atoms with Gasteiger partial charge in [0.05, 0.1) is 12.9 Å². The van der Waals surface area contributed by atoms with Crippen LogP contribution in [0.5, 0.6) is 0 Å². The predicted octanol–water partition coefficient (Wildman–Crippen LogP) is 2.56. The molecule has 0 aromatic carbocycles. The van der Waals surface area contributed by atoms with Gasteiger partial charge in [0, 0.05) is 37.7 Å². The van der Waals surface area contributed by atoms with Gasteiger partial charge in [-0.25, -0.2) is 0 Å². The van der Waals surface area contributed by atoms with Gasteiger partial charge in [0.15, 0.2) is 5.76 Å². The summed E-state index contributed by atoms with van der Waals surface area (Å²) in [6.07, 6.45) is 8.87. The van der Waals surface area contributed by atoms with E-state index in [1.807, 2.05) is 0 Å². The molecule has 0 aliphatic heterocycles. The van der Waals surface area contributed by atoms with Gasteiger partial charge < -0.3 is 19.4 Å². The van der Waals surface area contributed by atoms with E-state index < -0.39 is 6.04 Å². The smallest absolute Gasteiger partial charge is 0.290 e. The Morgan fingerprint density at radius 2 is 2.15 bits per heavy atom. The van der Waals surface area contributed by atoms with E-state index in [1.165, 1.54) is 11.2 Å². The van der Waals surface area contributed by atoms with E-state index in [4.69, 9.17) is 9.15 Å². The van der Waals surface area contributed by atoms with E-state index in [-0.39, 0.29) is 30.2 Å². The number of nitrogens with zero attached hydrogens (tertiary/aromatic N) is 2. The maximum absolute atomic E-state index is 13.2. The van der Waals surface area contributed by atoms with E-state index in [9.17, 15) is 9.59 Å². The molecule has 1 aliphatic carbocycles. The summed E-state index contributed by atoms with van der Waals surface area (Å²) < 4.78 is 10.4. The first-order valence-corrected chi connectivity index (χ1v) is 9.24. The summed E-state index contributed by atoms with van der Waals surface area (Å²) in [7, 11) is 1.56. The molecule has 3 rings (SSSR count). The molecule has 1 aliphatic rings. The van der Waals surface area contributed by atoms with Gasteiger partial charge >= 0.3 is 0 Å². The lowest BCUT2D eigenvalue weighted by molar-refractivity contribution is -0.126. The molecule has 1 N–H and O–H groups in total. The number of methoxy groups -OCH3 is 1. The summed E-state index contributed by atoms with van der Waals surface area (Å²) in [5.41, 5.74) is 0.656. The second-order valence-corrected chi connectivity index (χ2v) is 6.65.